The first-order valence-electron chi connectivity index (χ1n) is 10.8. The molecule has 4 rings (SSSR count). The predicted molar refractivity (Wildman–Crippen MR) is 112 cm³/mol. The Morgan fingerprint density at radius 3 is 2.87 bits per heavy atom. The SMILES string of the molecule is CCc1nn(CCCOC(=O)C2=CC(C)=NC2)c2c1C(=O)NCC1(CCOCC1)C2. The molecule has 3 aliphatic rings. The molecule has 0 aromatic carbocycles. The third-order valence-electron chi connectivity index (χ3n) is 6.30. The molecule has 0 unspecified atom stereocenters. The number of amides is 1. The van der Waals surface area contributed by atoms with Crippen molar-refractivity contribution in [1.82, 2.24) is 15.1 Å². The normalized spacial score (nSPS) is 20.3. The number of aryl methyl sites for hydroxylation is 2. The van der Waals surface area contributed by atoms with Crippen molar-refractivity contribution in [2.24, 2.45) is 10.4 Å². The fourth-order valence-electron chi connectivity index (χ4n) is 4.51. The van der Waals surface area contributed by atoms with E-state index in [1.54, 1.807) is 6.08 Å². The number of aromatic nitrogens is 2. The number of carbonyl (C=O) groups excluding carboxylic acids is 2. The van der Waals surface area contributed by atoms with Crippen molar-refractivity contribution in [3.63, 3.8) is 0 Å². The van der Waals surface area contributed by atoms with Crippen LogP contribution in [0.15, 0.2) is 16.6 Å². The second-order valence-electron chi connectivity index (χ2n) is 8.43. The summed E-state index contributed by atoms with van der Waals surface area (Å²) in [5.74, 6) is -0.323. The second-order valence-corrected chi connectivity index (χ2v) is 8.43. The number of allylic oxidation sites excluding steroid dienone is 1. The Balaban J connectivity index is 1.44. The third kappa shape index (κ3) is 4.19. The number of nitrogens with one attached hydrogen (secondary N) is 1. The van der Waals surface area contributed by atoms with Crippen molar-refractivity contribution in [2.75, 3.05) is 32.9 Å². The molecule has 8 nitrogen and oxygen atoms in total. The number of nitrogens with zero attached hydrogens (tertiary/aromatic N) is 3. The molecule has 4 heterocycles. The lowest BCUT2D eigenvalue weighted by Crippen LogP contribution is -2.40. The molecule has 162 valence electrons. The molecule has 1 spiro atoms. The van der Waals surface area contributed by atoms with Crippen molar-refractivity contribution in [2.45, 2.75) is 52.5 Å². The number of hydrogen-bond acceptors (Lipinski definition) is 6. The fourth-order valence-corrected chi connectivity index (χ4v) is 4.51. The fraction of sp³-hybridized carbons (Fsp3) is 0.636. The van der Waals surface area contributed by atoms with E-state index in [2.05, 4.69) is 10.3 Å². The molecule has 30 heavy (non-hydrogen) atoms. The smallest absolute Gasteiger partial charge is 0.335 e. The Morgan fingerprint density at radius 2 is 2.17 bits per heavy atom. The van der Waals surface area contributed by atoms with E-state index in [0.29, 0.717) is 44.7 Å². The van der Waals surface area contributed by atoms with Gasteiger partial charge in [0.15, 0.2) is 0 Å². The molecule has 1 N–H and O–H groups in total. The Bertz CT molecular complexity index is 893. The Morgan fingerprint density at radius 1 is 1.37 bits per heavy atom. The van der Waals surface area contributed by atoms with Gasteiger partial charge < -0.3 is 14.8 Å². The van der Waals surface area contributed by atoms with E-state index in [9.17, 15) is 9.59 Å². The summed E-state index contributed by atoms with van der Waals surface area (Å²) in [5.41, 5.74) is 4.08. The first-order chi connectivity index (χ1) is 14.5. The number of rotatable bonds is 6. The van der Waals surface area contributed by atoms with Crippen LogP contribution in [0.2, 0.25) is 0 Å². The maximum absolute atomic E-state index is 12.8. The average Bonchev–Trinajstić information content (AvgIpc) is 3.30. The number of aliphatic imine (C=N–C) groups is 1. The van der Waals surface area contributed by atoms with Crippen LogP contribution in [0, 0.1) is 5.41 Å². The molecule has 0 atom stereocenters. The lowest BCUT2D eigenvalue weighted by Gasteiger charge is -2.36. The minimum Gasteiger partial charge on any atom is -0.462 e. The van der Waals surface area contributed by atoms with Crippen LogP contribution in [0.5, 0.6) is 0 Å². The van der Waals surface area contributed by atoms with Gasteiger partial charge in [-0.25, -0.2) is 4.79 Å². The van der Waals surface area contributed by atoms with Gasteiger partial charge in [-0.3, -0.25) is 14.5 Å². The van der Waals surface area contributed by atoms with Gasteiger partial charge in [0.1, 0.15) is 0 Å². The molecule has 0 aliphatic carbocycles. The van der Waals surface area contributed by atoms with Crippen LogP contribution in [0.3, 0.4) is 0 Å². The maximum atomic E-state index is 12.8. The molecule has 1 amide bonds. The summed E-state index contributed by atoms with van der Waals surface area (Å²) < 4.78 is 12.9. The van der Waals surface area contributed by atoms with Gasteiger partial charge in [0.05, 0.1) is 35.7 Å². The number of carbonyl (C=O) groups is 2. The van der Waals surface area contributed by atoms with Gasteiger partial charge in [0.25, 0.3) is 5.91 Å². The number of fused-ring (bicyclic) bond motifs is 1. The predicted octanol–water partition coefficient (Wildman–Crippen LogP) is 1.86. The van der Waals surface area contributed by atoms with Gasteiger partial charge in [0, 0.05) is 38.4 Å². The highest BCUT2D eigenvalue weighted by Gasteiger charge is 2.39. The van der Waals surface area contributed by atoms with Gasteiger partial charge in [-0.2, -0.15) is 5.10 Å². The molecule has 1 fully saturated rings. The van der Waals surface area contributed by atoms with E-state index in [4.69, 9.17) is 14.6 Å². The molecular weight excluding hydrogens is 384 g/mol. The van der Waals surface area contributed by atoms with Gasteiger partial charge in [-0.05, 0) is 44.1 Å². The summed E-state index contributed by atoms with van der Waals surface area (Å²) in [6.07, 6.45) is 5.83. The van der Waals surface area contributed by atoms with Crippen molar-refractivity contribution in [3.05, 3.63) is 28.6 Å². The minimum atomic E-state index is -0.301. The van der Waals surface area contributed by atoms with E-state index in [1.807, 2.05) is 18.5 Å². The molecule has 1 aromatic heterocycles. The highest BCUT2D eigenvalue weighted by Crippen LogP contribution is 2.37. The first-order valence-corrected chi connectivity index (χ1v) is 10.8. The zero-order valence-electron chi connectivity index (χ0n) is 17.8. The lowest BCUT2D eigenvalue weighted by atomic mass is 9.76. The monoisotopic (exact) mass is 414 g/mol. The maximum Gasteiger partial charge on any atom is 0.335 e. The van der Waals surface area contributed by atoms with E-state index < -0.39 is 0 Å². The molecule has 0 radical (unpaired) electrons. The molecule has 0 bridgehead atoms. The minimum absolute atomic E-state index is 0.0218. The van der Waals surface area contributed by atoms with E-state index in [-0.39, 0.29) is 17.3 Å². The van der Waals surface area contributed by atoms with Crippen LogP contribution >= 0.6 is 0 Å². The number of esters is 1. The van der Waals surface area contributed by atoms with E-state index in [0.717, 1.165) is 55.1 Å². The summed E-state index contributed by atoms with van der Waals surface area (Å²) in [6.45, 7) is 7.37. The molecule has 8 heteroatoms. The summed E-state index contributed by atoms with van der Waals surface area (Å²) in [7, 11) is 0. The van der Waals surface area contributed by atoms with Crippen molar-refractivity contribution in [3.8, 4) is 0 Å². The first kappa shape index (κ1) is 20.8. The quantitative estimate of drug-likeness (QED) is 0.566. The van der Waals surface area contributed by atoms with Crippen LogP contribution in [0.1, 0.15) is 54.9 Å². The van der Waals surface area contributed by atoms with Crippen LogP contribution in [-0.2, 0) is 33.7 Å². The van der Waals surface area contributed by atoms with Gasteiger partial charge in [0.2, 0.25) is 0 Å². The lowest BCUT2D eigenvalue weighted by molar-refractivity contribution is -0.139. The van der Waals surface area contributed by atoms with Crippen LogP contribution in [0.25, 0.3) is 0 Å². The highest BCUT2D eigenvalue weighted by molar-refractivity contribution is 6.04. The van der Waals surface area contributed by atoms with Crippen molar-refractivity contribution in [1.29, 1.82) is 0 Å². The highest BCUT2D eigenvalue weighted by atomic mass is 16.5. The van der Waals surface area contributed by atoms with Crippen LogP contribution in [-0.4, -0.2) is 60.3 Å². The van der Waals surface area contributed by atoms with Crippen molar-refractivity contribution >= 4 is 17.6 Å². The molecular formula is C22H30N4O4. The zero-order chi connectivity index (χ0) is 21.1. The summed E-state index contributed by atoms with van der Waals surface area (Å²) in [6, 6.07) is 0. The standard InChI is InChI=1S/C22H30N4O4/c1-3-17-19-18(12-22(14-24-20(19)27)5-9-29-10-6-22)26(25-17)7-4-8-30-21(28)16-11-15(2)23-13-16/h11H,3-10,12-14H2,1-2H3,(H,24,27). The van der Waals surface area contributed by atoms with Crippen molar-refractivity contribution < 1.29 is 19.1 Å². The topological polar surface area (TPSA) is 94.8 Å². The van der Waals surface area contributed by atoms with Gasteiger partial charge in [-0.1, -0.05) is 6.92 Å². The van der Waals surface area contributed by atoms with E-state index >= 15 is 0 Å². The zero-order valence-corrected chi connectivity index (χ0v) is 17.8. The summed E-state index contributed by atoms with van der Waals surface area (Å²) in [5, 5.41) is 7.87. The molecule has 0 saturated carbocycles. The second kappa shape index (κ2) is 8.71. The molecule has 1 saturated heterocycles. The Hall–Kier alpha value is -2.48. The largest absolute Gasteiger partial charge is 0.462 e. The average molecular weight is 415 g/mol. The molecule has 3 aliphatic heterocycles. The summed E-state index contributed by atoms with van der Waals surface area (Å²) in [4.78, 5) is 29.2. The van der Waals surface area contributed by atoms with Gasteiger partial charge in [-0.15, -0.1) is 0 Å². The summed E-state index contributed by atoms with van der Waals surface area (Å²) >= 11 is 0. The number of ether oxygens (including phenoxy) is 2. The Kier molecular flexibility index (Phi) is 6.04. The van der Waals surface area contributed by atoms with Crippen LogP contribution < -0.4 is 5.32 Å². The third-order valence-corrected chi connectivity index (χ3v) is 6.30. The molecule has 1 aromatic rings. The van der Waals surface area contributed by atoms with Crippen LogP contribution in [0.4, 0.5) is 0 Å². The van der Waals surface area contributed by atoms with E-state index in [1.165, 1.54) is 0 Å². The number of hydrogen-bond donors (Lipinski definition) is 1. The Labute approximate surface area is 176 Å². The van der Waals surface area contributed by atoms with Gasteiger partial charge >= 0.3 is 5.97 Å².